The van der Waals surface area contributed by atoms with Crippen molar-refractivity contribution in [3.05, 3.63) is 52.8 Å². The fourth-order valence-corrected chi connectivity index (χ4v) is 1.72. The summed E-state index contributed by atoms with van der Waals surface area (Å²) in [6.45, 7) is 0. The van der Waals surface area contributed by atoms with Crippen LogP contribution < -0.4 is 0 Å². The number of pyridine rings is 1. The number of aromatic carboxylic acids is 1. The Morgan fingerprint density at radius 1 is 1.17 bits per heavy atom. The molecule has 1 heterocycles. The van der Waals surface area contributed by atoms with Crippen molar-refractivity contribution in [1.82, 2.24) is 4.98 Å². The molecule has 0 fully saturated rings. The van der Waals surface area contributed by atoms with Gasteiger partial charge in [-0.2, -0.15) is 0 Å². The van der Waals surface area contributed by atoms with Crippen LogP contribution in [0.1, 0.15) is 10.5 Å². The van der Waals surface area contributed by atoms with E-state index in [1.165, 1.54) is 24.3 Å². The molecule has 2 aromatic rings. The Morgan fingerprint density at radius 3 is 2.50 bits per heavy atom. The lowest BCUT2D eigenvalue weighted by Gasteiger charge is -2.06. The van der Waals surface area contributed by atoms with Crippen molar-refractivity contribution in [2.45, 2.75) is 0 Å². The van der Waals surface area contributed by atoms with Crippen LogP contribution in [0.25, 0.3) is 11.1 Å². The van der Waals surface area contributed by atoms with Crippen molar-refractivity contribution in [3.8, 4) is 11.1 Å². The monoisotopic (exact) mass is 269 g/mol. The van der Waals surface area contributed by atoms with Crippen LogP contribution in [0.4, 0.5) is 8.78 Å². The van der Waals surface area contributed by atoms with E-state index in [4.69, 9.17) is 16.7 Å². The molecular formula is C12H6ClF2NO2. The van der Waals surface area contributed by atoms with Crippen LogP contribution in [0.15, 0.2) is 30.3 Å². The molecule has 0 atom stereocenters. The normalized spacial score (nSPS) is 10.4. The number of carboxylic acid groups (broad SMARTS) is 1. The Hall–Kier alpha value is -2.01. The van der Waals surface area contributed by atoms with Gasteiger partial charge >= 0.3 is 5.97 Å². The topological polar surface area (TPSA) is 50.2 Å². The summed E-state index contributed by atoms with van der Waals surface area (Å²) in [4.78, 5) is 14.3. The summed E-state index contributed by atoms with van der Waals surface area (Å²) in [6, 6.07) is 6.10. The van der Waals surface area contributed by atoms with Crippen molar-refractivity contribution in [3.63, 3.8) is 0 Å². The van der Waals surface area contributed by atoms with Gasteiger partial charge in [0.1, 0.15) is 10.8 Å². The van der Waals surface area contributed by atoms with E-state index in [2.05, 4.69) is 4.98 Å². The molecule has 0 saturated carbocycles. The predicted octanol–water partition coefficient (Wildman–Crippen LogP) is 3.38. The third-order valence-electron chi connectivity index (χ3n) is 2.31. The van der Waals surface area contributed by atoms with Gasteiger partial charge in [0, 0.05) is 11.1 Å². The SMILES string of the molecule is O=C(O)c1ccc(-c2cccc(F)c2F)c(Cl)n1. The van der Waals surface area contributed by atoms with Crippen molar-refractivity contribution in [2.75, 3.05) is 0 Å². The fraction of sp³-hybridized carbons (Fsp3) is 0. The maximum absolute atomic E-state index is 13.5. The first-order valence-corrected chi connectivity index (χ1v) is 5.22. The van der Waals surface area contributed by atoms with E-state index in [1.54, 1.807) is 0 Å². The lowest BCUT2D eigenvalue weighted by Crippen LogP contribution is -2.01. The molecule has 92 valence electrons. The standard InChI is InChI=1S/C12H6ClF2NO2/c13-11-7(4-5-9(16-11)12(17)18)6-2-1-3-8(14)10(6)15/h1-5H,(H,17,18). The first-order chi connectivity index (χ1) is 8.50. The van der Waals surface area contributed by atoms with Gasteiger partial charge in [0.25, 0.3) is 0 Å². The molecule has 1 aromatic heterocycles. The number of benzene rings is 1. The summed E-state index contributed by atoms with van der Waals surface area (Å²) in [7, 11) is 0. The molecule has 0 radical (unpaired) electrons. The Labute approximate surface area is 106 Å². The summed E-state index contributed by atoms with van der Waals surface area (Å²) in [6.07, 6.45) is 0. The van der Waals surface area contributed by atoms with Crippen molar-refractivity contribution in [2.24, 2.45) is 0 Å². The summed E-state index contributed by atoms with van der Waals surface area (Å²) in [5.41, 5.74) is -0.191. The molecule has 1 N–H and O–H groups in total. The maximum atomic E-state index is 13.5. The number of aromatic nitrogens is 1. The second-order valence-electron chi connectivity index (χ2n) is 3.44. The van der Waals surface area contributed by atoms with Gasteiger partial charge in [-0.1, -0.05) is 23.7 Å². The molecule has 0 aliphatic carbocycles. The van der Waals surface area contributed by atoms with Gasteiger partial charge in [0.2, 0.25) is 0 Å². The number of halogens is 3. The van der Waals surface area contributed by atoms with E-state index in [1.807, 2.05) is 0 Å². The highest BCUT2D eigenvalue weighted by molar-refractivity contribution is 6.32. The molecule has 0 bridgehead atoms. The average molecular weight is 270 g/mol. The quantitative estimate of drug-likeness (QED) is 0.850. The van der Waals surface area contributed by atoms with Crippen LogP contribution in [0.2, 0.25) is 5.15 Å². The minimum absolute atomic E-state index is 0.0653. The van der Waals surface area contributed by atoms with Crippen molar-refractivity contribution < 1.29 is 18.7 Å². The van der Waals surface area contributed by atoms with E-state index < -0.39 is 17.6 Å². The second kappa shape index (κ2) is 4.70. The van der Waals surface area contributed by atoms with E-state index in [0.29, 0.717) is 0 Å². The first kappa shape index (κ1) is 12.4. The molecule has 1 aromatic carbocycles. The van der Waals surface area contributed by atoms with Crippen LogP contribution >= 0.6 is 11.6 Å². The Kier molecular flexibility index (Phi) is 3.25. The van der Waals surface area contributed by atoms with Crippen LogP contribution in [0, 0.1) is 11.6 Å². The summed E-state index contributed by atoms with van der Waals surface area (Å²) in [5.74, 6) is -3.31. The van der Waals surface area contributed by atoms with Crippen LogP contribution in [-0.4, -0.2) is 16.1 Å². The van der Waals surface area contributed by atoms with Gasteiger partial charge in [-0.15, -0.1) is 0 Å². The highest BCUT2D eigenvalue weighted by Crippen LogP contribution is 2.29. The number of hydrogen-bond donors (Lipinski definition) is 1. The third kappa shape index (κ3) is 2.17. The van der Waals surface area contributed by atoms with Gasteiger partial charge < -0.3 is 5.11 Å². The van der Waals surface area contributed by atoms with E-state index >= 15 is 0 Å². The molecule has 18 heavy (non-hydrogen) atoms. The predicted molar refractivity (Wildman–Crippen MR) is 61.6 cm³/mol. The Morgan fingerprint density at radius 2 is 1.89 bits per heavy atom. The van der Waals surface area contributed by atoms with Gasteiger partial charge in [-0.3, -0.25) is 0 Å². The molecule has 2 rings (SSSR count). The molecule has 0 unspecified atom stereocenters. The van der Waals surface area contributed by atoms with Crippen LogP contribution in [-0.2, 0) is 0 Å². The average Bonchev–Trinajstić information content (AvgIpc) is 2.33. The number of hydrogen-bond acceptors (Lipinski definition) is 2. The molecule has 0 spiro atoms. The maximum Gasteiger partial charge on any atom is 0.354 e. The lowest BCUT2D eigenvalue weighted by molar-refractivity contribution is 0.0690. The zero-order chi connectivity index (χ0) is 13.3. The van der Waals surface area contributed by atoms with Crippen LogP contribution in [0.5, 0.6) is 0 Å². The largest absolute Gasteiger partial charge is 0.477 e. The van der Waals surface area contributed by atoms with E-state index in [-0.39, 0.29) is 22.0 Å². The minimum atomic E-state index is -1.25. The van der Waals surface area contributed by atoms with Crippen molar-refractivity contribution in [1.29, 1.82) is 0 Å². The third-order valence-corrected chi connectivity index (χ3v) is 2.60. The summed E-state index contributed by atoms with van der Waals surface area (Å²) < 4.78 is 26.6. The first-order valence-electron chi connectivity index (χ1n) is 4.85. The van der Waals surface area contributed by atoms with Crippen LogP contribution in [0.3, 0.4) is 0 Å². The zero-order valence-corrected chi connectivity index (χ0v) is 9.58. The highest BCUT2D eigenvalue weighted by Gasteiger charge is 2.15. The summed E-state index contributed by atoms with van der Waals surface area (Å²) in [5, 5.41) is 8.52. The minimum Gasteiger partial charge on any atom is -0.477 e. The highest BCUT2D eigenvalue weighted by atomic mass is 35.5. The number of carbonyl (C=O) groups is 1. The molecule has 0 saturated heterocycles. The summed E-state index contributed by atoms with van der Waals surface area (Å²) >= 11 is 5.77. The Balaban J connectivity index is 2.58. The lowest BCUT2D eigenvalue weighted by atomic mass is 10.1. The smallest absolute Gasteiger partial charge is 0.354 e. The van der Waals surface area contributed by atoms with Gasteiger partial charge in [-0.05, 0) is 18.2 Å². The van der Waals surface area contributed by atoms with Gasteiger partial charge in [0.05, 0.1) is 0 Å². The van der Waals surface area contributed by atoms with Gasteiger partial charge in [0.15, 0.2) is 11.6 Å². The molecule has 3 nitrogen and oxygen atoms in total. The molecule has 6 heteroatoms. The zero-order valence-electron chi connectivity index (χ0n) is 8.82. The molecule has 0 aliphatic heterocycles. The Bertz CT molecular complexity index is 631. The van der Waals surface area contributed by atoms with E-state index in [9.17, 15) is 13.6 Å². The molecule has 0 amide bonds. The number of rotatable bonds is 2. The molecular weight excluding hydrogens is 264 g/mol. The van der Waals surface area contributed by atoms with E-state index in [0.717, 1.165) is 6.07 Å². The second-order valence-corrected chi connectivity index (χ2v) is 3.80. The van der Waals surface area contributed by atoms with Gasteiger partial charge in [-0.25, -0.2) is 18.6 Å². The number of carboxylic acids is 1. The molecule has 0 aliphatic rings. The van der Waals surface area contributed by atoms with Crippen molar-refractivity contribution >= 4 is 17.6 Å². The number of nitrogens with zero attached hydrogens (tertiary/aromatic N) is 1. The fourth-order valence-electron chi connectivity index (χ4n) is 1.47.